The Morgan fingerprint density at radius 3 is 2.15 bits per heavy atom. The van der Waals surface area contributed by atoms with Crippen molar-refractivity contribution in [3.63, 3.8) is 0 Å². The van der Waals surface area contributed by atoms with Crippen molar-refractivity contribution in [2.75, 3.05) is 23.8 Å². The van der Waals surface area contributed by atoms with E-state index in [1.54, 1.807) is 6.92 Å². The number of esters is 1. The predicted molar refractivity (Wildman–Crippen MR) is 137 cm³/mol. The van der Waals surface area contributed by atoms with Crippen LogP contribution in [0.4, 0.5) is 10.7 Å². The van der Waals surface area contributed by atoms with Gasteiger partial charge in [0.15, 0.2) is 0 Å². The van der Waals surface area contributed by atoms with Gasteiger partial charge in [0.25, 0.3) is 0 Å². The van der Waals surface area contributed by atoms with E-state index < -0.39 is 5.97 Å². The van der Waals surface area contributed by atoms with Gasteiger partial charge in [-0.2, -0.15) is 0 Å². The number of hydrogen-bond acceptors (Lipinski definition) is 5. The quantitative estimate of drug-likeness (QED) is 0.338. The van der Waals surface area contributed by atoms with Crippen LogP contribution in [0, 0.1) is 0 Å². The Bertz CT molecular complexity index is 1080. The number of carbonyl (C=O) groups excluding carboxylic acids is 2. The summed E-state index contributed by atoms with van der Waals surface area (Å²) in [6.07, 6.45) is 0. The molecule has 3 aromatic rings. The Balaban J connectivity index is 1.83. The van der Waals surface area contributed by atoms with Crippen LogP contribution >= 0.6 is 11.3 Å². The molecule has 1 amide bonds. The number of para-hydroxylation sites is 1. The average Bonchev–Trinajstić information content (AvgIpc) is 3.21. The Morgan fingerprint density at radius 2 is 1.58 bits per heavy atom. The molecule has 0 bridgehead atoms. The number of ether oxygens (including phenoxy) is 1. The van der Waals surface area contributed by atoms with Gasteiger partial charge in [-0.1, -0.05) is 76.2 Å². The van der Waals surface area contributed by atoms with E-state index in [9.17, 15) is 9.59 Å². The van der Waals surface area contributed by atoms with Crippen molar-refractivity contribution >= 4 is 33.9 Å². The second kappa shape index (κ2) is 11.1. The zero-order chi connectivity index (χ0) is 24.0. The first-order chi connectivity index (χ1) is 15.8. The number of thiophene rings is 1. The van der Waals surface area contributed by atoms with E-state index in [-0.39, 0.29) is 19.1 Å². The lowest BCUT2D eigenvalue weighted by molar-refractivity contribution is -0.114. The van der Waals surface area contributed by atoms with Crippen LogP contribution in [0.5, 0.6) is 0 Å². The highest BCUT2D eigenvalue weighted by atomic mass is 32.1. The lowest BCUT2D eigenvalue weighted by Gasteiger charge is -2.20. The van der Waals surface area contributed by atoms with Crippen LogP contribution in [0.25, 0.3) is 11.1 Å². The van der Waals surface area contributed by atoms with E-state index in [4.69, 9.17) is 4.74 Å². The third kappa shape index (κ3) is 5.82. The third-order valence-electron chi connectivity index (χ3n) is 5.41. The molecule has 0 saturated heterocycles. The van der Waals surface area contributed by atoms with Crippen molar-refractivity contribution in [2.45, 2.75) is 46.5 Å². The summed E-state index contributed by atoms with van der Waals surface area (Å²) in [5.41, 5.74) is 5.44. The van der Waals surface area contributed by atoms with Crippen molar-refractivity contribution in [3.8, 4) is 11.1 Å². The first-order valence-corrected chi connectivity index (χ1v) is 12.2. The molecule has 2 aromatic carbocycles. The van der Waals surface area contributed by atoms with Gasteiger partial charge in [0.1, 0.15) is 10.6 Å². The molecular formula is C27H32N2O3S. The second-order valence-electron chi connectivity index (χ2n) is 8.46. The summed E-state index contributed by atoms with van der Waals surface area (Å²) in [5, 5.41) is 8.66. The lowest BCUT2D eigenvalue weighted by atomic mass is 9.92. The molecular weight excluding hydrogens is 432 g/mol. The van der Waals surface area contributed by atoms with Crippen LogP contribution in [0.15, 0.2) is 53.9 Å². The van der Waals surface area contributed by atoms with Gasteiger partial charge < -0.3 is 15.4 Å². The number of rotatable bonds is 9. The van der Waals surface area contributed by atoms with Crippen LogP contribution in [0.2, 0.25) is 0 Å². The Morgan fingerprint density at radius 1 is 0.939 bits per heavy atom. The lowest BCUT2D eigenvalue weighted by Crippen LogP contribution is -2.23. The summed E-state index contributed by atoms with van der Waals surface area (Å²) in [6.45, 7) is 10.7. The number of benzene rings is 2. The summed E-state index contributed by atoms with van der Waals surface area (Å²) in [5.74, 6) is 0.00851. The maximum Gasteiger partial charge on any atom is 0.341 e. The maximum absolute atomic E-state index is 12.9. The second-order valence-corrected chi connectivity index (χ2v) is 9.34. The van der Waals surface area contributed by atoms with Gasteiger partial charge in [0.05, 0.1) is 13.2 Å². The fourth-order valence-electron chi connectivity index (χ4n) is 3.78. The van der Waals surface area contributed by atoms with Crippen molar-refractivity contribution in [1.82, 2.24) is 0 Å². The van der Waals surface area contributed by atoms with Gasteiger partial charge in [-0.05, 0) is 35.4 Å². The van der Waals surface area contributed by atoms with Crippen molar-refractivity contribution in [1.29, 1.82) is 0 Å². The van der Waals surface area contributed by atoms with Crippen LogP contribution in [0.3, 0.4) is 0 Å². The number of hydrogen-bond donors (Lipinski definition) is 2. The molecule has 0 saturated carbocycles. The topological polar surface area (TPSA) is 67.4 Å². The third-order valence-corrected chi connectivity index (χ3v) is 6.30. The Labute approximate surface area is 200 Å². The molecule has 6 heteroatoms. The summed E-state index contributed by atoms with van der Waals surface area (Å²) < 4.78 is 5.28. The number of amides is 1. The minimum absolute atomic E-state index is 0.101. The molecule has 174 valence electrons. The molecule has 0 aliphatic rings. The van der Waals surface area contributed by atoms with E-state index in [1.807, 2.05) is 35.7 Å². The molecule has 0 aliphatic heterocycles. The van der Waals surface area contributed by atoms with Gasteiger partial charge in [0.2, 0.25) is 5.91 Å². The highest BCUT2D eigenvalue weighted by molar-refractivity contribution is 7.15. The molecule has 5 nitrogen and oxygen atoms in total. The van der Waals surface area contributed by atoms with Gasteiger partial charge in [-0.25, -0.2) is 4.79 Å². The number of anilines is 2. The standard InChI is InChI=1S/C27H32N2O3S/c1-6-32-27(31)24-22(19-11-8-7-9-12-19)16-33-26(24)29-23(30)15-28-25-20(17(2)3)13-10-14-21(25)18(4)5/h7-14,16-18,28H,6,15H2,1-5H3,(H,29,30). The minimum atomic E-state index is -0.437. The largest absolute Gasteiger partial charge is 0.462 e. The van der Waals surface area contributed by atoms with Gasteiger partial charge in [-0.3, -0.25) is 4.79 Å². The molecule has 2 N–H and O–H groups in total. The molecule has 33 heavy (non-hydrogen) atoms. The first-order valence-electron chi connectivity index (χ1n) is 11.3. The van der Waals surface area contributed by atoms with E-state index >= 15 is 0 Å². The Hall–Kier alpha value is -3.12. The molecule has 0 fully saturated rings. The summed E-state index contributed by atoms with van der Waals surface area (Å²) in [7, 11) is 0. The van der Waals surface area contributed by atoms with Crippen LogP contribution in [-0.2, 0) is 9.53 Å². The van der Waals surface area contributed by atoms with Crippen molar-refractivity contribution in [3.05, 3.63) is 70.6 Å². The minimum Gasteiger partial charge on any atom is -0.462 e. The molecule has 1 aromatic heterocycles. The van der Waals surface area contributed by atoms with E-state index in [0.29, 0.717) is 22.4 Å². The highest BCUT2D eigenvalue weighted by Crippen LogP contribution is 2.36. The first kappa shape index (κ1) is 24.5. The molecule has 0 radical (unpaired) electrons. The molecule has 0 unspecified atom stereocenters. The Kier molecular flexibility index (Phi) is 8.28. The molecule has 3 rings (SSSR count). The fourth-order valence-corrected chi connectivity index (χ4v) is 4.75. The predicted octanol–water partition coefficient (Wildman–Crippen LogP) is 6.89. The van der Waals surface area contributed by atoms with E-state index in [1.165, 1.54) is 22.5 Å². The monoisotopic (exact) mass is 464 g/mol. The maximum atomic E-state index is 12.9. The number of nitrogens with one attached hydrogen (secondary N) is 2. The number of carbonyl (C=O) groups is 2. The van der Waals surface area contributed by atoms with Crippen LogP contribution < -0.4 is 10.6 Å². The fraction of sp³-hybridized carbons (Fsp3) is 0.333. The zero-order valence-corrected chi connectivity index (χ0v) is 20.7. The SMILES string of the molecule is CCOC(=O)c1c(-c2ccccc2)csc1NC(=O)CNc1c(C(C)C)cccc1C(C)C. The van der Waals surface area contributed by atoms with Crippen molar-refractivity contribution < 1.29 is 14.3 Å². The average molecular weight is 465 g/mol. The molecule has 0 spiro atoms. The van der Waals surface area contributed by atoms with E-state index in [2.05, 4.69) is 56.5 Å². The normalized spacial score (nSPS) is 11.0. The van der Waals surface area contributed by atoms with E-state index in [0.717, 1.165) is 16.8 Å². The van der Waals surface area contributed by atoms with Gasteiger partial charge >= 0.3 is 5.97 Å². The highest BCUT2D eigenvalue weighted by Gasteiger charge is 2.23. The summed E-state index contributed by atoms with van der Waals surface area (Å²) >= 11 is 1.33. The molecule has 0 atom stereocenters. The van der Waals surface area contributed by atoms with Crippen LogP contribution in [0.1, 0.15) is 67.9 Å². The summed E-state index contributed by atoms with van der Waals surface area (Å²) in [4.78, 5) is 25.6. The zero-order valence-electron chi connectivity index (χ0n) is 19.9. The van der Waals surface area contributed by atoms with Crippen molar-refractivity contribution in [2.24, 2.45) is 0 Å². The smallest absolute Gasteiger partial charge is 0.341 e. The van der Waals surface area contributed by atoms with Gasteiger partial charge in [0, 0.05) is 16.6 Å². The van der Waals surface area contributed by atoms with Crippen LogP contribution in [-0.4, -0.2) is 25.0 Å². The molecule has 0 aliphatic carbocycles. The summed E-state index contributed by atoms with van der Waals surface area (Å²) in [6, 6.07) is 15.9. The molecule has 1 heterocycles. The van der Waals surface area contributed by atoms with Gasteiger partial charge in [-0.15, -0.1) is 11.3 Å².